The molecule has 4 saturated heterocycles. The Kier molecular flexibility index (Phi) is 6.24. The van der Waals surface area contributed by atoms with Gasteiger partial charge in [0.05, 0.1) is 21.3 Å². The van der Waals surface area contributed by atoms with Crippen molar-refractivity contribution in [3.63, 3.8) is 0 Å². The Morgan fingerprint density at radius 2 is 1.98 bits per heavy atom. The average Bonchev–Trinajstić information content (AvgIpc) is 3.79. The second-order valence-corrected chi connectivity index (χ2v) is 13.2. The van der Waals surface area contributed by atoms with E-state index in [1.165, 1.54) is 0 Å². The van der Waals surface area contributed by atoms with E-state index in [4.69, 9.17) is 10.5 Å². The van der Waals surface area contributed by atoms with Crippen LogP contribution in [0.4, 0.5) is 37.3 Å². The number of nitrogens with zero attached hydrogens (tertiary/aromatic N) is 5. The molecule has 4 unspecified atom stereocenters. The summed E-state index contributed by atoms with van der Waals surface area (Å²) in [6.45, 7) is 2.19. The first-order valence-corrected chi connectivity index (χ1v) is 15.3. The van der Waals surface area contributed by atoms with E-state index in [1.807, 2.05) is 4.90 Å². The normalized spacial score (nSPS) is 26.9. The van der Waals surface area contributed by atoms with Crippen LogP contribution in [0.3, 0.4) is 0 Å². The first-order chi connectivity index (χ1) is 21.0. The Morgan fingerprint density at radius 3 is 2.73 bits per heavy atom. The molecule has 2 aromatic heterocycles. The fraction of sp³-hybridized carbons (Fsp3) is 0.483. The molecule has 8 nitrogen and oxygen atoms in total. The van der Waals surface area contributed by atoms with E-state index in [0.29, 0.717) is 26.1 Å². The van der Waals surface area contributed by atoms with Crippen LogP contribution in [0.2, 0.25) is 0 Å². The Labute approximate surface area is 251 Å². The van der Waals surface area contributed by atoms with Gasteiger partial charge in [-0.15, -0.1) is 0 Å². The fourth-order valence-corrected chi connectivity index (χ4v) is 8.39. The maximum Gasteiger partial charge on any atom is 0.417 e. The molecule has 0 spiro atoms. The minimum atomic E-state index is -4.98. The summed E-state index contributed by atoms with van der Waals surface area (Å²) in [7, 11) is 0. The number of piperazine rings is 1. The lowest BCUT2D eigenvalue weighted by molar-refractivity contribution is -0.137. The van der Waals surface area contributed by atoms with Crippen molar-refractivity contribution >= 4 is 43.4 Å². The molecule has 2 aromatic carbocycles. The van der Waals surface area contributed by atoms with Gasteiger partial charge in [-0.2, -0.15) is 23.1 Å². The number of nitrogens with two attached hydrogens (primary N) is 1. The number of anilines is 2. The van der Waals surface area contributed by atoms with Crippen LogP contribution in [0.25, 0.3) is 32.2 Å². The monoisotopic (exact) mass is 635 g/mol. The van der Waals surface area contributed by atoms with Crippen molar-refractivity contribution < 1.29 is 31.1 Å². The second-order valence-electron chi connectivity index (χ2n) is 12.2. The van der Waals surface area contributed by atoms with Gasteiger partial charge in [0.25, 0.3) is 0 Å². The van der Waals surface area contributed by atoms with Gasteiger partial charge < -0.3 is 20.7 Å². The molecule has 0 saturated carbocycles. The van der Waals surface area contributed by atoms with Gasteiger partial charge in [0.15, 0.2) is 10.9 Å². The summed E-state index contributed by atoms with van der Waals surface area (Å²) >= 11 is 0.764. The number of hydrogen-bond acceptors (Lipinski definition) is 9. The van der Waals surface area contributed by atoms with E-state index in [9.17, 15) is 22.0 Å². The van der Waals surface area contributed by atoms with Gasteiger partial charge in [-0.3, -0.25) is 4.90 Å². The number of alkyl halides is 4. The van der Waals surface area contributed by atoms with Gasteiger partial charge in [0, 0.05) is 54.7 Å². The minimum absolute atomic E-state index is 0.0521. The van der Waals surface area contributed by atoms with E-state index in [2.05, 4.69) is 25.2 Å². The number of halogens is 6. The van der Waals surface area contributed by atoms with Crippen LogP contribution in [-0.4, -0.2) is 76.4 Å². The summed E-state index contributed by atoms with van der Waals surface area (Å²) in [6.07, 6.45) is -3.31. The summed E-state index contributed by atoms with van der Waals surface area (Å²) in [4.78, 5) is 16.9. The molecule has 0 radical (unpaired) electrons. The third-order valence-electron chi connectivity index (χ3n) is 9.54. The summed E-state index contributed by atoms with van der Waals surface area (Å²) in [5.74, 6) is -1.84. The van der Waals surface area contributed by atoms with Crippen molar-refractivity contribution in [3.8, 4) is 17.1 Å². The Bertz CT molecular complexity index is 1820. The highest BCUT2D eigenvalue weighted by molar-refractivity contribution is 7.22. The third-order valence-corrected chi connectivity index (χ3v) is 10.4. The molecule has 0 amide bonds. The molecule has 8 rings (SSSR count). The van der Waals surface area contributed by atoms with Crippen LogP contribution in [0.1, 0.15) is 31.2 Å². The molecule has 4 atom stereocenters. The third kappa shape index (κ3) is 4.30. The zero-order chi connectivity index (χ0) is 30.5. The van der Waals surface area contributed by atoms with Crippen molar-refractivity contribution in [1.29, 1.82) is 0 Å². The topological polar surface area (TPSA) is 92.4 Å². The van der Waals surface area contributed by atoms with E-state index in [0.717, 1.165) is 55.3 Å². The van der Waals surface area contributed by atoms with Crippen molar-refractivity contribution in [2.24, 2.45) is 0 Å². The van der Waals surface area contributed by atoms with Gasteiger partial charge in [0.1, 0.15) is 29.9 Å². The summed E-state index contributed by atoms with van der Waals surface area (Å²) in [5, 5.41) is 3.17. The predicted octanol–water partition coefficient (Wildman–Crippen LogP) is 5.29. The molecule has 4 aliphatic heterocycles. The summed E-state index contributed by atoms with van der Waals surface area (Å²) < 4.78 is 95.8. The van der Waals surface area contributed by atoms with Crippen LogP contribution in [-0.2, 0) is 6.18 Å². The first-order valence-electron chi connectivity index (χ1n) is 14.5. The minimum Gasteiger partial charge on any atom is -0.461 e. The van der Waals surface area contributed by atoms with Gasteiger partial charge >= 0.3 is 12.2 Å². The highest BCUT2D eigenvalue weighted by Gasteiger charge is 2.49. The second kappa shape index (κ2) is 9.78. The molecule has 4 aliphatic rings. The molecule has 2 bridgehead atoms. The lowest BCUT2D eigenvalue weighted by Gasteiger charge is -2.32. The lowest BCUT2D eigenvalue weighted by Crippen LogP contribution is -2.44. The van der Waals surface area contributed by atoms with Crippen molar-refractivity contribution in [2.75, 3.05) is 43.4 Å². The maximum atomic E-state index is 16.7. The number of hydrogen-bond donors (Lipinski definition) is 2. The molecule has 3 N–H and O–H groups in total. The summed E-state index contributed by atoms with van der Waals surface area (Å²) in [5.41, 5.74) is 2.38. The van der Waals surface area contributed by atoms with Crippen LogP contribution >= 0.6 is 11.3 Å². The van der Waals surface area contributed by atoms with Crippen molar-refractivity contribution in [1.82, 2.24) is 25.2 Å². The Balaban J connectivity index is 1.33. The molecular weight excluding hydrogens is 608 g/mol. The highest BCUT2D eigenvalue weighted by Crippen LogP contribution is 2.47. The molecule has 44 heavy (non-hydrogen) atoms. The zero-order valence-corrected chi connectivity index (χ0v) is 24.0. The van der Waals surface area contributed by atoms with Gasteiger partial charge in [-0.25, -0.2) is 18.2 Å². The molecule has 4 aromatic rings. The molecular formula is C29H27F6N7OS. The number of fused-ring (bicyclic) bond motifs is 5. The number of thiazole rings is 1. The van der Waals surface area contributed by atoms with E-state index in [1.54, 1.807) is 0 Å². The molecule has 4 fully saturated rings. The van der Waals surface area contributed by atoms with Crippen LogP contribution in [0.5, 0.6) is 6.01 Å². The van der Waals surface area contributed by atoms with E-state index < -0.39 is 40.6 Å². The van der Waals surface area contributed by atoms with Gasteiger partial charge in [-0.05, 0) is 44.0 Å². The van der Waals surface area contributed by atoms with Crippen molar-refractivity contribution in [3.05, 3.63) is 35.4 Å². The molecule has 0 aliphatic carbocycles. The Hall–Kier alpha value is -3.43. The smallest absolute Gasteiger partial charge is 0.417 e. The van der Waals surface area contributed by atoms with Crippen molar-refractivity contribution in [2.45, 2.75) is 55.7 Å². The van der Waals surface area contributed by atoms with Crippen LogP contribution in [0, 0.1) is 11.6 Å². The van der Waals surface area contributed by atoms with Crippen LogP contribution in [0.15, 0.2) is 18.2 Å². The van der Waals surface area contributed by atoms with Gasteiger partial charge in [0.2, 0.25) is 0 Å². The SMILES string of the molecule is Nc1nc2c(-c3c(C(F)(F)F)cc4c(N5CC6CC5CN6)nc(OCC56CCCN5CC(F)C6)nc4c3F)ccc(F)c2s1. The quantitative estimate of drug-likeness (QED) is 0.286. The summed E-state index contributed by atoms with van der Waals surface area (Å²) in [6, 6.07) is 2.78. The number of rotatable bonds is 5. The van der Waals surface area contributed by atoms with Crippen LogP contribution < -0.4 is 20.7 Å². The van der Waals surface area contributed by atoms with E-state index >= 15 is 4.39 Å². The number of benzene rings is 2. The zero-order valence-electron chi connectivity index (χ0n) is 23.2. The largest absolute Gasteiger partial charge is 0.461 e. The number of ether oxygens (including phenoxy) is 1. The first kappa shape index (κ1) is 28.1. The number of nitrogen functional groups attached to an aromatic ring is 1. The average molecular weight is 636 g/mol. The lowest BCUT2D eigenvalue weighted by atomic mass is 9.95. The number of nitrogens with one attached hydrogen (secondary N) is 1. The van der Waals surface area contributed by atoms with Gasteiger partial charge in [-0.1, -0.05) is 11.3 Å². The molecule has 232 valence electrons. The standard InChI is InChI=1S/C29H27F6N7OS/c30-13-8-28(4-1-5-41(28)10-13)12-43-27-39-22-17(25(40-27)42-11-14-6-15(42)9-37-14)7-18(29(33,34)35)20(21(22)32)16-2-3-19(31)24-23(16)38-26(36)44-24/h2-3,7,13-15,37H,1,4-6,8-12H2,(H2,36,38). The maximum absolute atomic E-state index is 16.7. The van der Waals surface area contributed by atoms with E-state index in [-0.39, 0.29) is 62.3 Å². The fourth-order valence-electron chi connectivity index (χ4n) is 7.62. The molecule has 6 heterocycles. The highest BCUT2D eigenvalue weighted by atomic mass is 32.1. The predicted molar refractivity (Wildman–Crippen MR) is 154 cm³/mol. The number of aromatic nitrogens is 3. The molecule has 15 heteroatoms. The Morgan fingerprint density at radius 1 is 1.14 bits per heavy atom.